The van der Waals surface area contributed by atoms with E-state index < -0.39 is 5.97 Å². The molecule has 4 heteroatoms. The third-order valence-electron chi connectivity index (χ3n) is 4.26. The van der Waals surface area contributed by atoms with Gasteiger partial charge in [-0.2, -0.15) is 0 Å². The number of aryl methyl sites for hydroxylation is 3. The summed E-state index contributed by atoms with van der Waals surface area (Å²) in [6.07, 6.45) is 10.6. The standard InChI is InChI=1S/C21H28O2S.Na.H/c22-21(23)15-9-8-14-20-17-16-19(24-20)13-7-2-1-4-10-18-11-5-3-6-12-18;;/h3,5-6,11-12,16-17H,1-2,4,7-10,13-15H2,(H,22,23);;. The van der Waals surface area contributed by atoms with E-state index in [1.807, 2.05) is 11.3 Å². The van der Waals surface area contributed by atoms with Gasteiger partial charge in [0.15, 0.2) is 0 Å². The van der Waals surface area contributed by atoms with Gasteiger partial charge in [-0.1, -0.05) is 43.2 Å². The number of carboxylic acids is 1. The van der Waals surface area contributed by atoms with Crippen LogP contribution in [0.15, 0.2) is 42.5 Å². The molecule has 0 fully saturated rings. The van der Waals surface area contributed by atoms with Crippen molar-refractivity contribution in [3.63, 3.8) is 0 Å². The molecule has 0 saturated heterocycles. The second-order valence-electron chi connectivity index (χ2n) is 6.37. The molecular weight excluding hydrogens is 339 g/mol. The molecule has 2 nitrogen and oxygen atoms in total. The molecule has 0 aliphatic carbocycles. The molecule has 132 valence electrons. The monoisotopic (exact) mass is 368 g/mol. The van der Waals surface area contributed by atoms with E-state index in [0.717, 1.165) is 19.3 Å². The molecule has 0 atom stereocenters. The fraction of sp³-hybridized carbons (Fsp3) is 0.476. The first-order valence-corrected chi connectivity index (χ1v) is 9.89. The summed E-state index contributed by atoms with van der Waals surface area (Å²) in [5.41, 5.74) is 1.45. The van der Waals surface area contributed by atoms with Crippen molar-refractivity contribution < 1.29 is 9.90 Å². The van der Waals surface area contributed by atoms with Crippen LogP contribution in [-0.4, -0.2) is 40.6 Å². The first kappa shape index (κ1) is 22.4. The van der Waals surface area contributed by atoms with Crippen LogP contribution in [0.3, 0.4) is 0 Å². The van der Waals surface area contributed by atoms with Crippen molar-refractivity contribution in [2.75, 3.05) is 0 Å². The van der Waals surface area contributed by atoms with E-state index in [-0.39, 0.29) is 29.6 Å². The fourth-order valence-electron chi connectivity index (χ4n) is 2.89. The summed E-state index contributed by atoms with van der Waals surface area (Å²) in [6.45, 7) is 0. The quantitative estimate of drug-likeness (QED) is 0.411. The van der Waals surface area contributed by atoms with Crippen molar-refractivity contribution in [2.45, 2.75) is 64.2 Å². The van der Waals surface area contributed by atoms with Crippen LogP contribution in [0.25, 0.3) is 0 Å². The van der Waals surface area contributed by atoms with Crippen molar-refractivity contribution in [2.24, 2.45) is 0 Å². The van der Waals surface area contributed by atoms with E-state index in [9.17, 15) is 4.79 Å². The topological polar surface area (TPSA) is 37.3 Å². The summed E-state index contributed by atoms with van der Waals surface area (Å²) in [5.74, 6) is -0.686. The second-order valence-corrected chi connectivity index (χ2v) is 7.62. The predicted molar refractivity (Wildman–Crippen MR) is 109 cm³/mol. The van der Waals surface area contributed by atoms with E-state index in [1.165, 1.54) is 53.8 Å². The summed E-state index contributed by atoms with van der Waals surface area (Å²) in [5, 5.41) is 8.64. The van der Waals surface area contributed by atoms with Crippen LogP contribution in [0.1, 0.15) is 60.3 Å². The Balaban J connectivity index is 0.00000312. The molecule has 1 heterocycles. The average Bonchev–Trinajstić information content (AvgIpc) is 3.03. The third-order valence-corrected chi connectivity index (χ3v) is 5.47. The van der Waals surface area contributed by atoms with Crippen LogP contribution in [0.5, 0.6) is 0 Å². The van der Waals surface area contributed by atoms with Gasteiger partial charge in [-0.3, -0.25) is 4.79 Å². The fourth-order valence-corrected chi connectivity index (χ4v) is 3.99. The molecular formula is C21H29NaO2S. The number of aliphatic carboxylic acids is 1. The Kier molecular flexibility index (Phi) is 12.2. The second kappa shape index (κ2) is 13.6. The molecule has 0 aliphatic rings. The van der Waals surface area contributed by atoms with Crippen LogP contribution in [0, 0.1) is 0 Å². The van der Waals surface area contributed by atoms with Gasteiger partial charge in [0.05, 0.1) is 0 Å². The summed E-state index contributed by atoms with van der Waals surface area (Å²) < 4.78 is 0. The summed E-state index contributed by atoms with van der Waals surface area (Å²) in [4.78, 5) is 13.4. The maximum atomic E-state index is 10.5. The number of hydrogen-bond donors (Lipinski definition) is 1. The van der Waals surface area contributed by atoms with E-state index >= 15 is 0 Å². The Labute approximate surface area is 178 Å². The van der Waals surface area contributed by atoms with E-state index in [1.54, 1.807) is 0 Å². The Hall–Kier alpha value is -0.610. The third kappa shape index (κ3) is 10.2. The zero-order chi connectivity index (χ0) is 17.0. The molecule has 1 aromatic carbocycles. The first-order chi connectivity index (χ1) is 11.7. The van der Waals surface area contributed by atoms with Crippen LogP contribution < -0.4 is 0 Å². The normalized spacial score (nSPS) is 10.4. The number of thiophene rings is 1. The molecule has 1 N–H and O–H groups in total. The van der Waals surface area contributed by atoms with Crippen LogP contribution >= 0.6 is 11.3 Å². The van der Waals surface area contributed by atoms with Crippen LogP contribution in [-0.2, 0) is 24.1 Å². The molecule has 0 spiro atoms. The predicted octanol–water partition coefficient (Wildman–Crippen LogP) is 5.24. The van der Waals surface area contributed by atoms with Crippen molar-refractivity contribution in [1.29, 1.82) is 0 Å². The van der Waals surface area contributed by atoms with Gasteiger partial charge in [0.25, 0.3) is 0 Å². The van der Waals surface area contributed by atoms with E-state index in [2.05, 4.69) is 42.5 Å². The minimum absolute atomic E-state index is 0. The van der Waals surface area contributed by atoms with Gasteiger partial charge in [-0.05, 0) is 62.6 Å². The Morgan fingerprint density at radius 1 is 0.760 bits per heavy atom. The first-order valence-electron chi connectivity index (χ1n) is 9.07. The number of hydrogen-bond acceptors (Lipinski definition) is 2. The molecule has 0 radical (unpaired) electrons. The summed E-state index contributed by atoms with van der Waals surface area (Å²) in [7, 11) is 0. The number of rotatable bonds is 12. The molecule has 25 heavy (non-hydrogen) atoms. The van der Waals surface area contributed by atoms with Crippen molar-refractivity contribution in [3.05, 3.63) is 57.8 Å². The number of benzene rings is 1. The van der Waals surface area contributed by atoms with Gasteiger partial charge in [-0.15, -0.1) is 11.3 Å². The summed E-state index contributed by atoms with van der Waals surface area (Å²) in [6, 6.07) is 15.2. The Morgan fingerprint density at radius 2 is 1.32 bits per heavy atom. The van der Waals surface area contributed by atoms with Crippen molar-refractivity contribution in [1.82, 2.24) is 0 Å². The molecule has 2 rings (SSSR count). The van der Waals surface area contributed by atoms with Gasteiger partial charge in [0.1, 0.15) is 0 Å². The number of carbonyl (C=O) groups is 1. The van der Waals surface area contributed by atoms with Crippen molar-refractivity contribution >= 4 is 46.9 Å². The molecule has 0 aliphatic heterocycles. The molecule has 0 unspecified atom stereocenters. The van der Waals surface area contributed by atoms with E-state index in [4.69, 9.17) is 5.11 Å². The van der Waals surface area contributed by atoms with Crippen molar-refractivity contribution in [3.8, 4) is 0 Å². The number of unbranched alkanes of at least 4 members (excludes halogenated alkanes) is 4. The minimum atomic E-state index is -0.686. The zero-order valence-electron chi connectivity index (χ0n) is 14.4. The molecule has 0 saturated carbocycles. The molecule has 0 bridgehead atoms. The van der Waals surface area contributed by atoms with Gasteiger partial charge in [0, 0.05) is 16.2 Å². The Morgan fingerprint density at radius 3 is 1.92 bits per heavy atom. The molecule has 0 amide bonds. The van der Waals surface area contributed by atoms with Crippen LogP contribution in [0.2, 0.25) is 0 Å². The number of carboxylic acid groups (broad SMARTS) is 1. The Bertz CT molecular complexity index is 595. The van der Waals surface area contributed by atoms with Gasteiger partial charge in [0.2, 0.25) is 0 Å². The van der Waals surface area contributed by atoms with Gasteiger partial charge in [-0.25, -0.2) is 0 Å². The average molecular weight is 369 g/mol. The summed E-state index contributed by atoms with van der Waals surface area (Å²) >= 11 is 1.90. The molecule has 1 aromatic heterocycles. The maximum absolute atomic E-state index is 10.5. The van der Waals surface area contributed by atoms with Crippen LogP contribution in [0.4, 0.5) is 0 Å². The zero-order valence-corrected chi connectivity index (χ0v) is 15.2. The molecule has 2 aromatic rings. The van der Waals surface area contributed by atoms with Gasteiger partial charge >= 0.3 is 35.5 Å². The van der Waals surface area contributed by atoms with E-state index in [0.29, 0.717) is 6.42 Å². The van der Waals surface area contributed by atoms with Gasteiger partial charge < -0.3 is 5.11 Å². The SMILES string of the molecule is O=C(O)CCCCc1ccc(CCCCCCc2ccccc2)s1.[NaH].